The van der Waals surface area contributed by atoms with Crippen LogP contribution in [0.2, 0.25) is 0 Å². The molecule has 0 bridgehead atoms. The van der Waals surface area contributed by atoms with E-state index in [1.165, 1.54) is 23.7 Å². The number of carboxylic acids is 1. The molecule has 1 heterocycles. The number of hydrogen-bond acceptors (Lipinski definition) is 4. The van der Waals surface area contributed by atoms with E-state index in [9.17, 15) is 9.59 Å². The third kappa shape index (κ3) is 4.17. The van der Waals surface area contributed by atoms with Crippen LogP contribution in [0.15, 0.2) is 12.3 Å². The highest BCUT2D eigenvalue weighted by molar-refractivity contribution is 5.90. The first-order valence-electron chi connectivity index (χ1n) is 5.76. The third-order valence-electron chi connectivity index (χ3n) is 2.49. The van der Waals surface area contributed by atoms with Gasteiger partial charge in [0, 0.05) is 12.3 Å². The number of carboxylic acid groups (broad SMARTS) is 1. The van der Waals surface area contributed by atoms with Crippen molar-refractivity contribution in [2.75, 3.05) is 18.5 Å². The molecule has 7 heteroatoms. The molecule has 0 saturated heterocycles. The molecule has 7 nitrogen and oxygen atoms in total. The van der Waals surface area contributed by atoms with Crippen LogP contribution in [0.1, 0.15) is 12.8 Å². The molecule has 0 spiro atoms. The monoisotopic (exact) mass is 253 g/mol. The van der Waals surface area contributed by atoms with E-state index in [-0.39, 0.29) is 19.1 Å². The standard InChI is InChI=1S/C11H15N3O4/c15-10(7-18-6-8-1-2-8)12-9-3-4-14(13-9)5-11(16)17/h3-4,8H,1-2,5-7H2,(H,16,17)(H,12,13,15). The lowest BCUT2D eigenvalue weighted by atomic mass is 10.5. The van der Waals surface area contributed by atoms with Crippen LogP contribution in [0.25, 0.3) is 0 Å². The number of anilines is 1. The Labute approximate surface area is 104 Å². The van der Waals surface area contributed by atoms with Gasteiger partial charge >= 0.3 is 5.97 Å². The summed E-state index contributed by atoms with van der Waals surface area (Å²) in [7, 11) is 0. The van der Waals surface area contributed by atoms with Crippen molar-refractivity contribution in [1.29, 1.82) is 0 Å². The van der Waals surface area contributed by atoms with Crippen molar-refractivity contribution in [3.05, 3.63) is 12.3 Å². The Balaban J connectivity index is 1.71. The van der Waals surface area contributed by atoms with Crippen molar-refractivity contribution in [2.45, 2.75) is 19.4 Å². The Morgan fingerprint density at radius 2 is 2.33 bits per heavy atom. The van der Waals surface area contributed by atoms with E-state index in [2.05, 4.69) is 10.4 Å². The van der Waals surface area contributed by atoms with Gasteiger partial charge in [0.2, 0.25) is 0 Å². The zero-order chi connectivity index (χ0) is 13.0. The number of aliphatic carboxylic acids is 1. The first-order valence-corrected chi connectivity index (χ1v) is 5.76. The summed E-state index contributed by atoms with van der Waals surface area (Å²) < 4.78 is 6.46. The quantitative estimate of drug-likeness (QED) is 0.730. The number of hydrogen-bond donors (Lipinski definition) is 2. The molecule has 1 aliphatic rings. The third-order valence-corrected chi connectivity index (χ3v) is 2.49. The van der Waals surface area contributed by atoms with Gasteiger partial charge in [0.25, 0.3) is 5.91 Å². The van der Waals surface area contributed by atoms with E-state index in [1.54, 1.807) is 6.07 Å². The molecule has 98 valence electrons. The van der Waals surface area contributed by atoms with Crippen LogP contribution in [0.4, 0.5) is 5.82 Å². The van der Waals surface area contributed by atoms with Gasteiger partial charge in [-0.1, -0.05) is 0 Å². The fourth-order valence-electron chi connectivity index (χ4n) is 1.44. The van der Waals surface area contributed by atoms with E-state index in [0.717, 1.165) is 0 Å². The molecule has 1 aliphatic carbocycles. The molecule has 1 fully saturated rings. The zero-order valence-corrected chi connectivity index (χ0v) is 9.83. The minimum absolute atomic E-state index is 0.00227. The molecule has 1 aromatic rings. The van der Waals surface area contributed by atoms with Crippen LogP contribution in [0.3, 0.4) is 0 Å². The fourth-order valence-corrected chi connectivity index (χ4v) is 1.44. The molecular weight excluding hydrogens is 238 g/mol. The number of nitrogens with one attached hydrogen (secondary N) is 1. The molecular formula is C11H15N3O4. The molecule has 1 amide bonds. The van der Waals surface area contributed by atoms with Gasteiger partial charge in [0.1, 0.15) is 13.2 Å². The molecule has 0 aliphatic heterocycles. The topological polar surface area (TPSA) is 93.5 Å². The van der Waals surface area contributed by atoms with Crippen LogP contribution in [-0.2, 0) is 20.9 Å². The lowest BCUT2D eigenvalue weighted by Gasteiger charge is -2.03. The van der Waals surface area contributed by atoms with Crippen molar-refractivity contribution in [2.24, 2.45) is 5.92 Å². The highest BCUT2D eigenvalue weighted by Crippen LogP contribution is 2.28. The van der Waals surface area contributed by atoms with Gasteiger partial charge in [0.05, 0.1) is 6.61 Å². The van der Waals surface area contributed by atoms with Gasteiger partial charge in [-0.25, -0.2) is 0 Å². The average Bonchev–Trinajstić information content (AvgIpc) is 3.00. The van der Waals surface area contributed by atoms with Gasteiger partial charge in [-0.3, -0.25) is 14.3 Å². The summed E-state index contributed by atoms with van der Waals surface area (Å²) in [5.41, 5.74) is 0. The van der Waals surface area contributed by atoms with Crippen molar-refractivity contribution >= 4 is 17.7 Å². The number of rotatable bonds is 7. The van der Waals surface area contributed by atoms with Crippen LogP contribution in [0.5, 0.6) is 0 Å². The molecule has 2 rings (SSSR count). The minimum atomic E-state index is -0.983. The Morgan fingerprint density at radius 1 is 1.56 bits per heavy atom. The molecule has 18 heavy (non-hydrogen) atoms. The number of ether oxygens (including phenoxy) is 1. The van der Waals surface area contributed by atoms with E-state index in [1.807, 2.05) is 0 Å². The van der Waals surface area contributed by atoms with Gasteiger partial charge in [-0.2, -0.15) is 5.10 Å². The molecule has 2 N–H and O–H groups in total. The van der Waals surface area contributed by atoms with Gasteiger partial charge in [0.15, 0.2) is 5.82 Å². The van der Waals surface area contributed by atoms with E-state index >= 15 is 0 Å². The highest BCUT2D eigenvalue weighted by Gasteiger charge is 2.21. The number of carbonyl (C=O) groups excluding carboxylic acids is 1. The predicted octanol–water partition coefficient (Wildman–Crippen LogP) is 0.333. The second-order valence-corrected chi connectivity index (χ2v) is 4.30. The largest absolute Gasteiger partial charge is 0.480 e. The van der Waals surface area contributed by atoms with Gasteiger partial charge in [-0.05, 0) is 18.8 Å². The van der Waals surface area contributed by atoms with Crippen molar-refractivity contribution in [3.8, 4) is 0 Å². The summed E-state index contributed by atoms with van der Waals surface area (Å²) in [5.74, 6) is -0.316. The van der Waals surface area contributed by atoms with Gasteiger partial charge < -0.3 is 15.2 Å². The summed E-state index contributed by atoms with van der Waals surface area (Å²) >= 11 is 0. The minimum Gasteiger partial charge on any atom is -0.480 e. The number of nitrogens with zero attached hydrogens (tertiary/aromatic N) is 2. The molecule has 0 aromatic carbocycles. The maximum atomic E-state index is 11.4. The summed E-state index contributed by atoms with van der Waals surface area (Å²) in [4.78, 5) is 21.9. The Hall–Kier alpha value is -1.89. The fraction of sp³-hybridized carbons (Fsp3) is 0.545. The summed E-state index contributed by atoms with van der Waals surface area (Å²) in [6.07, 6.45) is 3.86. The second-order valence-electron chi connectivity index (χ2n) is 4.30. The van der Waals surface area contributed by atoms with Crippen molar-refractivity contribution < 1.29 is 19.4 Å². The van der Waals surface area contributed by atoms with Crippen LogP contribution in [0, 0.1) is 5.92 Å². The molecule has 0 atom stereocenters. The number of amides is 1. The molecule has 0 radical (unpaired) electrons. The van der Waals surface area contributed by atoms with Crippen LogP contribution in [-0.4, -0.2) is 40.0 Å². The predicted molar refractivity (Wildman–Crippen MR) is 62.0 cm³/mol. The molecule has 0 unspecified atom stereocenters. The Morgan fingerprint density at radius 3 is 3.00 bits per heavy atom. The lowest BCUT2D eigenvalue weighted by Crippen LogP contribution is -2.19. The molecule has 1 saturated carbocycles. The van der Waals surface area contributed by atoms with Crippen molar-refractivity contribution in [1.82, 2.24) is 9.78 Å². The van der Waals surface area contributed by atoms with Crippen molar-refractivity contribution in [3.63, 3.8) is 0 Å². The number of carbonyl (C=O) groups is 2. The first-order chi connectivity index (χ1) is 8.63. The normalized spacial score (nSPS) is 14.4. The van der Waals surface area contributed by atoms with E-state index in [4.69, 9.17) is 9.84 Å². The molecule has 1 aromatic heterocycles. The van der Waals surface area contributed by atoms with E-state index in [0.29, 0.717) is 18.3 Å². The van der Waals surface area contributed by atoms with Crippen LogP contribution >= 0.6 is 0 Å². The Bertz CT molecular complexity index is 439. The average molecular weight is 253 g/mol. The SMILES string of the molecule is O=C(O)Cn1ccc(NC(=O)COCC2CC2)n1. The maximum absolute atomic E-state index is 11.4. The Kier molecular flexibility index (Phi) is 3.93. The zero-order valence-electron chi connectivity index (χ0n) is 9.83. The smallest absolute Gasteiger partial charge is 0.325 e. The maximum Gasteiger partial charge on any atom is 0.325 e. The lowest BCUT2D eigenvalue weighted by molar-refractivity contribution is -0.137. The summed E-state index contributed by atoms with van der Waals surface area (Å²) in [6, 6.07) is 1.54. The number of aromatic nitrogens is 2. The van der Waals surface area contributed by atoms with E-state index < -0.39 is 5.97 Å². The van der Waals surface area contributed by atoms with Gasteiger partial charge in [-0.15, -0.1) is 0 Å². The summed E-state index contributed by atoms with van der Waals surface area (Å²) in [5, 5.41) is 15.0. The highest BCUT2D eigenvalue weighted by atomic mass is 16.5. The first kappa shape index (κ1) is 12.6. The van der Waals surface area contributed by atoms with Crippen LogP contribution < -0.4 is 5.32 Å². The summed E-state index contributed by atoms with van der Waals surface area (Å²) in [6.45, 7) is 0.400. The second kappa shape index (κ2) is 5.63.